The predicted octanol–water partition coefficient (Wildman–Crippen LogP) is 2.03. The van der Waals surface area contributed by atoms with Gasteiger partial charge >= 0.3 is 0 Å². The van der Waals surface area contributed by atoms with Gasteiger partial charge in [0, 0.05) is 25.1 Å². The molecule has 1 aliphatic rings. The Bertz CT molecular complexity index is 478. The number of hydrogen-bond donors (Lipinski definition) is 0. The van der Waals surface area contributed by atoms with Gasteiger partial charge in [-0.3, -0.25) is 9.69 Å². The van der Waals surface area contributed by atoms with Crippen LogP contribution in [0, 0.1) is 25.2 Å². The Labute approximate surface area is 99.4 Å². The summed E-state index contributed by atoms with van der Waals surface area (Å²) in [5, 5.41) is 0.571. The van der Waals surface area contributed by atoms with Crippen molar-refractivity contribution in [2.75, 3.05) is 11.4 Å². The van der Waals surface area contributed by atoms with E-state index in [1.807, 2.05) is 6.92 Å². The summed E-state index contributed by atoms with van der Waals surface area (Å²) in [6, 6.07) is 1.79. The van der Waals surface area contributed by atoms with Gasteiger partial charge in [0.1, 0.15) is 5.82 Å². The van der Waals surface area contributed by atoms with Crippen LogP contribution in [0.25, 0.3) is 0 Å². The van der Waals surface area contributed by atoms with Crippen molar-refractivity contribution in [3.63, 3.8) is 0 Å². The summed E-state index contributed by atoms with van der Waals surface area (Å²) >= 11 is 5.82. The SMILES string of the molecule is C#CC1CC(=O)N(c2ncc(Cl)cc2C)C1. The van der Waals surface area contributed by atoms with Crippen LogP contribution in [0.15, 0.2) is 12.3 Å². The van der Waals surface area contributed by atoms with E-state index in [0.717, 1.165) is 5.56 Å². The average Bonchev–Trinajstić information content (AvgIpc) is 2.60. The van der Waals surface area contributed by atoms with Crippen molar-refractivity contribution in [3.8, 4) is 12.3 Å². The van der Waals surface area contributed by atoms with Crippen molar-refractivity contribution >= 4 is 23.3 Å². The Balaban J connectivity index is 2.32. The number of anilines is 1. The molecule has 1 aromatic heterocycles. The number of aromatic nitrogens is 1. The largest absolute Gasteiger partial charge is 0.295 e. The summed E-state index contributed by atoms with van der Waals surface area (Å²) in [7, 11) is 0. The minimum atomic E-state index is -0.00984. The molecule has 0 bridgehead atoms. The van der Waals surface area contributed by atoms with Crippen LogP contribution in [0.2, 0.25) is 5.02 Å². The van der Waals surface area contributed by atoms with Gasteiger partial charge in [0.05, 0.1) is 5.02 Å². The van der Waals surface area contributed by atoms with E-state index in [9.17, 15) is 4.79 Å². The van der Waals surface area contributed by atoms with Crippen LogP contribution >= 0.6 is 11.6 Å². The van der Waals surface area contributed by atoms with Crippen LogP contribution in [-0.2, 0) is 4.79 Å². The molecule has 1 saturated heterocycles. The first-order chi connectivity index (χ1) is 7.61. The lowest BCUT2D eigenvalue weighted by Crippen LogP contribution is -2.26. The number of pyridine rings is 1. The highest BCUT2D eigenvalue weighted by Gasteiger charge is 2.30. The summed E-state index contributed by atoms with van der Waals surface area (Å²) in [6.07, 6.45) is 7.27. The zero-order chi connectivity index (χ0) is 11.7. The molecule has 0 saturated carbocycles. The number of aryl methyl sites for hydroxylation is 1. The molecule has 1 unspecified atom stereocenters. The van der Waals surface area contributed by atoms with Crippen molar-refractivity contribution < 1.29 is 4.79 Å². The monoisotopic (exact) mass is 234 g/mol. The standard InChI is InChI=1S/C12H11ClN2O/c1-3-9-5-11(16)15(7-9)12-8(2)4-10(13)6-14-12/h1,4,6,9H,5,7H2,2H3. The van der Waals surface area contributed by atoms with Gasteiger partial charge in [-0.25, -0.2) is 4.98 Å². The molecule has 4 heteroatoms. The number of halogens is 1. The van der Waals surface area contributed by atoms with Gasteiger partial charge in [-0.2, -0.15) is 0 Å². The predicted molar refractivity (Wildman–Crippen MR) is 63.3 cm³/mol. The quantitative estimate of drug-likeness (QED) is 0.697. The van der Waals surface area contributed by atoms with Crippen LogP contribution in [0.5, 0.6) is 0 Å². The molecule has 0 spiro atoms. The first-order valence-electron chi connectivity index (χ1n) is 5.00. The van der Waals surface area contributed by atoms with E-state index in [2.05, 4.69) is 10.9 Å². The smallest absolute Gasteiger partial charge is 0.229 e. The number of rotatable bonds is 1. The molecule has 1 aliphatic heterocycles. The number of carbonyl (C=O) groups excluding carboxylic acids is 1. The van der Waals surface area contributed by atoms with Crippen LogP contribution < -0.4 is 4.90 Å². The summed E-state index contributed by atoms with van der Waals surface area (Å²) in [5.41, 5.74) is 0.888. The molecule has 16 heavy (non-hydrogen) atoms. The van der Waals surface area contributed by atoms with Crippen LogP contribution in [-0.4, -0.2) is 17.4 Å². The van der Waals surface area contributed by atoms with Gasteiger partial charge in [0.15, 0.2) is 0 Å². The lowest BCUT2D eigenvalue weighted by Gasteiger charge is -2.16. The third-order valence-electron chi connectivity index (χ3n) is 2.63. The van der Waals surface area contributed by atoms with E-state index in [1.54, 1.807) is 17.2 Å². The Morgan fingerprint density at radius 2 is 2.44 bits per heavy atom. The van der Waals surface area contributed by atoms with E-state index in [1.165, 1.54) is 0 Å². The first kappa shape index (κ1) is 11.0. The van der Waals surface area contributed by atoms with Gasteiger partial charge in [0.25, 0.3) is 0 Å². The molecule has 2 rings (SSSR count). The van der Waals surface area contributed by atoms with E-state index < -0.39 is 0 Å². The summed E-state index contributed by atoms with van der Waals surface area (Å²) in [5.74, 6) is 3.29. The van der Waals surface area contributed by atoms with Crippen LogP contribution in [0.4, 0.5) is 5.82 Å². The molecule has 1 atom stereocenters. The summed E-state index contributed by atoms with van der Waals surface area (Å²) < 4.78 is 0. The van der Waals surface area contributed by atoms with Gasteiger partial charge in [-0.1, -0.05) is 11.6 Å². The van der Waals surface area contributed by atoms with Gasteiger partial charge in [0.2, 0.25) is 5.91 Å². The van der Waals surface area contributed by atoms with E-state index in [4.69, 9.17) is 18.0 Å². The minimum absolute atomic E-state index is 0.00984. The number of carbonyl (C=O) groups is 1. The summed E-state index contributed by atoms with van der Waals surface area (Å²) in [4.78, 5) is 17.6. The molecule has 1 fully saturated rings. The minimum Gasteiger partial charge on any atom is -0.295 e. The van der Waals surface area contributed by atoms with Crippen molar-refractivity contribution in [1.82, 2.24) is 4.98 Å². The Kier molecular flexibility index (Phi) is 2.84. The number of terminal acetylenes is 1. The highest BCUT2D eigenvalue weighted by molar-refractivity contribution is 6.30. The van der Waals surface area contributed by atoms with Crippen molar-refractivity contribution in [1.29, 1.82) is 0 Å². The topological polar surface area (TPSA) is 33.2 Å². The second-order valence-electron chi connectivity index (χ2n) is 3.87. The maximum atomic E-state index is 11.7. The highest BCUT2D eigenvalue weighted by atomic mass is 35.5. The number of amides is 1. The Morgan fingerprint density at radius 1 is 1.69 bits per heavy atom. The van der Waals surface area contributed by atoms with Crippen LogP contribution in [0.1, 0.15) is 12.0 Å². The summed E-state index contributed by atoms with van der Waals surface area (Å²) in [6.45, 7) is 2.43. The molecular weight excluding hydrogens is 224 g/mol. The second-order valence-corrected chi connectivity index (χ2v) is 4.30. The fourth-order valence-corrected chi connectivity index (χ4v) is 2.05. The maximum Gasteiger partial charge on any atom is 0.229 e. The maximum absolute atomic E-state index is 11.7. The second kappa shape index (κ2) is 4.15. The number of nitrogens with zero attached hydrogens (tertiary/aromatic N) is 2. The van der Waals surface area contributed by atoms with Gasteiger partial charge in [-0.15, -0.1) is 12.3 Å². The zero-order valence-electron chi connectivity index (χ0n) is 8.90. The molecule has 2 heterocycles. The highest BCUT2D eigenvalue weighted by Crippen LogP contribution is 2.26. The lowest BCUT2D eigenvalue weighted by atomic mass is 10.1. The number of hydrogen-bond acceptors (Lipinski definition) is 2. The van der Waals surface area contributed by atoms with Crippen molar-refractivity contribution in [3.05, 3.63) is 22.8 Å². The molecular formula is C12H11ClN2O. The molecule has 1 aromatic rings. The van der Waals surface area contributed by atoms with E-state index in [0.29, 0.717) is 23.8 Å². The average molecular weight is 235 g/mol. The molecule has 3 nitrogen and oxygen atoms in total. The Morgan fingerprint density at radius 3 is 3.00 bits per heavy atom. The van der Waals surface area contributed by atoms with Gasteiger partial charge < -0.3 is 0 Å². The Hall–Kier alpha value is -1.53. The van der Waals surface area contributed by atoms with E-state index in [-0.39, 0.29) is 11.8 Å². The van der Waals surface area contributed by atoms with Crippen molar-refractivity contribution in [2.24, 2.45) is 5.92 Å². The van der Waals surface area contributed by atoms with Crippen LogP contribution in [0.3, 0.4) is 0 Å². The molecule has 1 amide bonds. The lowest BCUT2D eigenvalue weighted by molar-refractivity contribution is -0.117. The molecule has 0 aliphatic carbocycles. The van der Waals surface area contributed by atoms with E-state index >= 15 is 0 Å². The molecule has 0 N–H and O–H groups in total. The van der Waals surface area contributed by atoms with Gasteiger partial charge in [-0.05, 0) is 18.6 Å². The third kappa shape index (κ3) is 1.89. The van der Waals surface area contributed by atoms with Crippen molar-refractivity contribution in [2.45, 2.75) is 13.3 Å². The fourth-order valence-electron chi connectivity index (χ4n) is 1.84. The molecule has 0 radical (unpaired) electrons. The normalized spacial score (nSPS) is 19.9. The molecule has 0 aromatic carbocycles. The zero-order valence-corrected chi connectivity index (χ0v) is 9.66. The first-order valence-corrected chi connectivity index (χ1v) is 5.38. The molecule has 82 valence electrons. The fraction of sp³-hybridized carbons (Fsp3) is 0.333. The third-order valence-corrected chi connectivity index (χ3v) is 2.84.